The maximum absolute atomic E-state index is 12.6. The molecular weight excluding hydrogens is 484 g/mol. The Balaban J connectivity index is 1.32. The molecule has 8 heteroatoms. The number of rotatable bonds is 11. The van der Waals surface area contributed by atoms with Crippen LogP contribution in [0.4, 0.5) is 0 Å². The number of fused-ring (bicyclic) bond motifs is 1. The zero-order chi connectivity index (χ0) is 26.7. The van der Waals surface area contributed by atoms with Crippen molar-refractivity contribution in [3.63, 3.8) is 0 Å². The molecule has 0 aromatic heterocycles. The number of esters is 1. The molecule has 0 radical (unpaired) electrons. The quantitative estimate of drug-likeness (QED) is 0.125. The standard InChI is InChI=1S/C30H28N2O6/c1-3-17-36-24-14-12-23(13-15-24)30(34)38-27-16-11-21(18-28(27)35-2)19-31-32-29(33)20-37-26-10-6-8-22-7-4-5-9-25(22)26/h4-16,18-19H,3,17,20H2,1-2H3,(H,32,33). The van der Waals surface area contributed by atoms with E-state index in [1.165, 1.54) is 13.3 Å². The van der Waals surface area contributed by atoms with Gasteiger partial charge in [-0.3, -0.25) is 4.79 Å². The van der Waals surface area contributed by atoms with Gasteiger partial charge in [0, 0.05) is 5.39 Å². The van der Waals surface area contributed by atoms with Crippen LogP contribution in [0.2, 0.25) is 0 Å². The van der Waals surface area contributed by atoms with E-state index >= 15 is 0 Å². The Kier molecular flexibility index (Phi) is 8.91. The van der Waals surface area contributed by atoms with Gasteiger partial charge in [-0.15, -0.1) is 0 Å². The number of carbonyl (C=O) groups is 2. The van der Waals surface area contributed by atoms with Crippen LogP contribution in [0, 0.1) is 0 Å². The Morgan fingerprint density at radius 2 is 1.66 bits per heavy atom. The van der Waals surface area contributed by atoms with Crippen LogP contribution in [0.25, 0.3) is 10.8 Å². The third-order valence-corrected chi connectivity index (χ3v) is 5.46. The molecule has 0 saturated heterocycles. The molecule has 0 bridgehead atoms. The van der Waals surface area contributed by atoms with Crippen molar-refractivity contribution < 1.29 is 28.5 Å². The number of benzene rings is 4. The summed E-state index contributed by atoms with van der Waals surface area (Å²) in [5.41, 5.74) is 3.46. The summed E-state index contributed by atoms with van der Waals surface area (Å²) in [6.45, 7) is 2.45. The highest BCUT2D eigenvalue weighted by Crippen LogP contribution is 2.29. The Labute approximate surface area is 220 Å². The second kappa shape index (κ2) is 12.9. The van der Waals surface area contributed by atoms with E-state index in [4.69, 9.17) is 18.9 Å². The van der Waals surface area contributed by atoms with Crippen LogP contribution in [0.3, 0.4) is 0 Å². The molecule has 0 heterocycles. The third kappa shape index (κ3) is 6.88. The first-order valence-electron chi connectivity index (χ1n) is 12.1. The Morgan fingerprint density at radius 1 is 0.868 bits per heavy atom. The van der Waals surface area contributed by atoms with Gasteiger partial charge in [-0.2, -0.15) is 5.10 Å². The number of amides is 1. The number of carbonyl (C=O) groups excluding carboxylic acids is 2. The third-order valence-electron chi connectivity index (χ3n) is 5.46. The van der Waals surface area contributed by atoms with Gasteiger partial charge >= 0.3 is 5.97 Å². The van der Waals surface area contributed by atoms with Crippen LogP contribution in [0.5, 0.6) is 23.0 Å². The lowest BCUT2D eigenvalue weighted by Crippen LogP contribution is -2.24. The maximum Gasteiger partial charge on any atom is 0.343 e. The van der Waals surface area contributed by atoms with Crippen molar-refractivity contribution in [2.75, 3.05) is 20.3 Å². The van der Waals surface area contributed by atoms with E-state index in [0.29, 0.717) is 35.0 Å². The largest absolute Gasteiger partial charge is 0.494 e. The number of hydrogen-bond acceptors (Lipinski definition) is 7. The minimum atomic E-state index is -0.523. The highest BCUT2D eigenvalue weighted by atomic mass is 16.6. The molecule has 0 aliphatic heterocycles. The number of ether oxygens (including phenoxy) is 4. The van der Waals surface area contributed by atoms with E-state index < -0.39 is 11.9 Å². The summed E-state index contributed by atoms with van der Waals surface area (Å²) in [6, 6.07) is 25.1. The molecule has 4 aromatic carbocycles. The lowest BCUT2D eigenvalue weighted by Gasteiger charge is -2.10. The Morgan fingerprint density at radius 3 is 2.45 bits per heavy atom. The summed E-state index contributed by atoms with van der Waals surface area (Å²) in [7, 11) is 1.47. The fourth-order valence-corrected chi connectivity index (χ4v) is 3.59. The van der Waals surface area contributed by atoms with Gasteiger partial charge in [0.05, 0.1) is 25.5 Å². The second-order valence-corrected chi connectivity index (χ2v) is 8.23. The van der Waals surface area contributed by atoms with Gasteiger partial charge in [0.2, 0.25) is 0 Å². The van der Waals surface area contributed by atoms with Gasteiger partial charge < -0.3 is 18.9 Å². The molecule has 0 saturated carbocycles. The lowest BCUT2D eigenvalue weighted by molar-refractivity contribution is -0.123. The molecule has 4 rings (SSSR count). The smallest absolute Gasteiger partial charge is 0.343 e. The molecule has 4 aromatic rings. The molecule has 194 valence electrons. The van der Waals surface area contributed by atoms with Gasteiger partial charge in [-0.1, -0.05) is 43.3 Å². The van der Waals surface area contributed by atoms with E-state index in [0.717, 1.165) is 17.2 Å². The normalized spacial score (nSPS) is 10.8. The molecule has 0 spiro atoms. The van der Waals surface area contributed by atoms with Gasteiger partial charge in [0.15, 0.2) is 18.1 Å². The highest BCUT2D eigenvalue weighted by Gasteiger charge is 2.13. The van der Waals surface area contributed by atoms with Crippen molar-refractivity contribution >= 4 is 28.9 Å². The summed E-state index contributed by atoms with van der Waals surface area (Å²) >= 11 is 0. The van der Waals surface area contributed by atoms with Crippen LogP contribution < -0.4 is 24.4 Å². The van der Waals surface area contributed by atoms with Crippen LogP contribution in [0.1, 0.15) is 29.3 Å². The number of hydrazone groups is 1. The molecule has 1 amide bonds. The van der Waals surface area contributed by atoms with Crippen molar-refractivity contribution in [3.05, 3.63) is 96.1 Å². The monoisotopic (exact) mass is 512 g/mol. The first-order valence-corrected chi connectivity index (χ1v) is 12.1. The predicted molar refractivity (Wildman–Crippen MR) is 145 cm³/mol. The summed E-state index contributed by atoms with van der Waals surface area (Å²) in [5.74, 6) is 0.988. The summed E-state index contributed by atoms with van der Waals surface area (Å²) in [6.07, 6.45) is 2.36. The van der Waals surface area contributed by atoms with E-state index in [-0.39, 0.29) is 12.4 Å². The number of hydrogen-bond donors (Lipinski definition) is 1. The molecule has 0 fully saturated rings. The van der Waals surface area contributed by atoms with Crippen LogP contribution in [-0.4, -0.2) is 38.4 Å². The Hall–Kier alpha value is -4.85. The molecule has 1 N–H and O–H groups in total. The van der Waals surface area contributed by atoms with Gasteiger partial charge in [0.1, 0.15) is 11.5 Å². The molecule has 8 nitrogen and oxygen atoms in total. The van der Waals surface area contributed by atoms with E-state index in [2.05, 4.69) is 10.5 Å². The van der Waals surface area contributed by atoms with Crippen LogP contribution >= 0.6 is 0 Å². The van der Waals surface area contributed by atoms with Gasteiger partial charge in [-0.05, 0) is 65.9 Å². The molecule has 0 aliphatic rings. The first kappa shape index (κ1) is 26.2. The summed E-state index contributed by atoms with van der Waals surface area (Å²) in [4.78, 5) is 24.8. The van der Waals surface area contributed by atoms with Gasteiger partial charge in [-0.25, -0.2) is 10.2 Å². The molecule has 0 aliphatic carbocycles. The lowest BCUT2D eigenvalue weighted by atomic mass is 10.1. The number of methoxy groups -OCH3 is 1. The molecule has 0 unspecified atom stereocenters. The number of nitrogens with one attached hydrogen (secondary N) is 1. The predicted octanol–water partition coefficient (Wildman–Crippen LogP) is 5.39. The average Bonchev–Trinajstić information content (AvgIpc) is 2.95. The average molecular weight is 513 g/mol. The summed E-state index contributed by atoms with van der Waals surface area (Å²) in [5, 5.41) is 5.94. The van der Waals surface area contributed by atoms with Crippen LogP contribution in [0.15, 0.2) is 90.0 Å². The van der Waals surface area contributed by atoms with Crippen molar-refractivity contribution in [3.8, 4) is 23.0 Å². The zero-order valence-corrected chi connectivity index (χ0v) is 21.2. The molecule has 0 atom stereocenters. The fraction of sp³-hybridized carbons (Fsp3) is 0.167. The summed E-state index contributed by atoms with van der Waals surface area (Å²) < 4.78 is 22.1. The fourth-order valence-electron chi connectivity index (χ4n) is 3.59. The van der Waals surface area contributed by atoms with Gasteiger partial charge in [0.25, 0.3) is 5.91 Å². The van der Waals surface area contributed by atoms with Crippen LogP contribution in [-0.2, 0) is 4.79 Å². The van der Waals surface area contributed by atoms with E-state index in [1.54, 1.807) is 42.5 Å². The highest BCUT2D eigenvalue weighted by molar-refractivity contribution is 5.92. The Bertz CT molecular complexity index is 1430. The van der Waals surface area contributed by atoms with Crippen molar-refractivity contribution in [2.24, 2.45) is 5.10 Å². The molecule has 38 heavy (non-hydrogen) atoms. The van der Waals surface area contributed by atoms with Crippen molar-refractivity contribution in [1.82, 2.24) is 5.43 Å². The van der Waals surface area contributed by atoms with Crippen molar-refractivity contribution in [1.29, 1.82) is 0 Å². The number of nitrogens with zero attached hydrogens (tertiary/aromatic N) is 1. The zero-order valence-electron chi connectivity index (χ0n) is 21.2. The first-order chi connectivity index (χ1) is 18.6. The van der Waals surface area contributed by atoms with Crippen molar-refractivity contribution in [2.45, 2.75) is 13.3 Å². The minimum Gasteiger partial charge on any atom is -0.494 e. The minimum absolute atomic E-state index is 0.185. The SMILES string of the molecule is CCCOc1ccc(C(=O)Oc2ccc(C=NNC(=O)COc3cccc4ccccc34)cc2OC)cc1. The second-order valence-electron chi connectivity index (χ2n) is 8.23. The van der Waals surface area contributed by atoms with E-state index in [1.807, 2.05) is 49.4 Å². The maximum atomic E-state index is 12.6. The topological polar surface area (TPSA) is 95.5 Å². The van der Waals surface area contributed by atoms with E-state index in [9.17, 15) is 9.59 Å². The molecular formula is C30H28N2O6.